The van der Waals surface area contributed by atoms with Gasteiger partial charge in [-0.1, -0.05) is 24.3 Å². The number of nitrogens with zero attached hydrogens (tertiary/aromatic N) is 1. The maximum Gasteiger partial charge on any atom is 0.263 e. The minimum Gasteiger partial charge on any atom is -0.390 e. The highest BCUT2D eigenvalue weighted by Gasteiger charge is 2.55. The summed E-state index contributed by atoms with van der Waals surface area (Å²) in [7, 11) is 0. The van der Waals surface area contributed by atoms with Crippen molar-refractivity contribution in [2.45, 2.75) is 51.1 Å². The fourth-order valence-electron chi connectivity index (χ4n) is 5.05. The van der Waals surface area contributed by atoms with Crippen molar-refractivity contribution in [3.63, 3.8) is 0 Å². The third-order valence-electron chi connectivity index (χ3n) is 6.29. The zero-order chi connectivity index (χ0) is 17.8. The molecular weight excluding hydrogens is 324 g/mol. The summed E-state index contributed by atoms with van der Waals surface area (Å²) in [5.41, 5.74) is 0.852. The van der Waals surface area contributed by atoms with Gasteiger partial charge < -0.3 is 10.0 Å². The Morgan fingerprint density at radius 1 is 1.20 bits per heavy atom. The van der Waals surface area contributed by atoms with Crippen molar-refractivity contribution >= 4 is 5.91 Å². The van der Waals surface area contributed by atoms with Crippen molar-refractivity contribution in [2.24, 2.45) is 17.3 Å². The van der Waals surface area contributed by atoms with E-state index in [9.17, 15) is 18.7 Å². The second-order valence-corrected chi connectivity index (χ2v) is 8.82. The summed E-state index contributed by atoms with van der Waals surface area (Å²) in [5.74, 6) is 0.818. The summed E-state index contributed by atoms with van der Waals surface area (Å²) >= 11 is 0. The highest BCUT2D eigenvalue weighted by molar-refractivity contribution is 5.81. The molecule has 4 rings (SSSR count). The first-order valence-electron chi connectivity index (χ1n) is 9.14. The van der Waals surface area contributed by atoms with E-state index < -0.39 is 12.0 Å². The van der Waals surface area contributed by atoms with E-state index in [4.69, 9.17) is 0 Å². The second-order valence-electron chi connectivity index (χ2n) is 8.82. The molecule has 1 heterocycles. The molecule has 5 heteroatoms. The van der Waals surface area contributed by atoms with Crippen LogP contribution < -0.4 is 0 Å². The normalized spacial score (nSPS) is 30.8. The lowest BCUT2D eigenvalue weighted by atomic mass is 9.56. The highest BCUT2D eigenvalue weighted by atomic mass is 19.3. The first-order valence-corrected chi connectivity index (χ1v) is 9.14. The summed E-state index contributed by atoms with van der Waals surface area (Å²) in [6.45, 7) is 3.50. The predicted octanol–water partition coefficient (Wildman–Crippen LogP) is 3.57. The number of rotatable bonds is 4. The molecule has 1 aliphatic heterocycles. The van der Waals surface area contributed by atoms with E-state index in [1.165, 1.54) is 12.1 Å². The van der Waals surface area contributed by atoms with Crippen LogP contribution in [0.4, 0.5) is 8.78 Å². The molecular formula is C20H25F2NO2. The summed E-state index contributed by atoms with van der Waals surface area (Å²) in [6.07, 6.45) is 1.95. The number of hydrogen-bond acceptors (Lipinski definition) is 2. The zero-order valence-corrected chi connectivity index (χ0v) is 14.5. The van der Waals surface area contributed by atoms with Gasteiger partial charge >= 0.3 is 0 Å². The Balaban J connectivity index is 1.22. The van der Waals surface area contributed by atoms with Gasteiger partial charge in [0.15, 0.2) is 0 Å². The molecule has 0 bridgehead atoms. The molecule has 1 saturated heterocycles. The minimum absolute atomic E-state index is 0.0107. The van der Waals surface area contributed by atoms with Crippen molar-refractivity contribution in [1.82, 2.24) is 4.90 Å². The van der Waals surface area contributed by atoms with E-state index >= 15 is 0 Å². The van der Waals surface area contributed by atoms with E-state index in [-0.39, 0.29) is 17.4 Å². The number of aliphatic hydroxyl groups is 1. The van der Waals surface area contributed by atoms with Gasteiger partial charge in [-0.2, -0.15) is 0 Å². The van der Waals surface area contributed by atoms with Gasteiger partial charge in [0.1, 0.15) is 0 Å². The molecule has 2 saturated carbocycles. The first kappa shape index (κ1) is 17.0. The van der Waals surface area contributed by atoms with Crippen molar-refractivity contribution in [3.8, 4) is 0 Å². The number of alkyl halides is 2. The van der Waals surface area contributed by atoms with E-state index in [0.717, 1.165) is 37.9 Å². The third-order valence-corrected chi connectivity index (χ3v) is 6.29. The fraction of sp³-hybridized carbons (Fsp3) is 0.650. The number of likely N-dealkylation sites (tertiary alicyclic amines) is 1. The largest absolute Gasteiger partial charge is 0.390 e. The van der Waals surface area contributed by atoms with Crippen LogP contribution in [0, 0.1) is 17.3 Å². The summed E-state index contributed by atoms with van der Waals surface area (Å²) in [5, 5.41) is 9.78. The van der Waals surface area contributed by atoms with E-state index in [0.29, 0.717) is 24.2 Å². The molecule has 3 aliphatic rings. The van der Waals surface area contributed by atoms with Gasteiger partial charge in [0.25, 0.3) is 6.43 Å². The van der Waals surface area contributed by atoms with Gasteiger partial charge in [-0.15, -0.1) is 0 Å². The van der Waals surface area contributed by atoms with Gasteiger partial charge in [0, 0.05) is 30.0 Å². The molecule has 1 spiro atoms. The monoisotopic (exact) mass is 349 g/mol. The van der Waals surface area contributed by atoms with Crippen molar-refractivity contribution in [3.05, 3.63) is 35.4 Å². The van der Waals surface area contributed by atoms with Gasteiger partial charge in [-0.3, -0.25) is 4.79 Å². The van der Waals surface area contributed by atoms with E-state index in [1.807, 2.05) is 17.0 Å². The second kappa shape index (κ2) is 5.76. The summed E-state index contributed by atoms with van der Waals surface area (Å²) in [4.78, 5) is 14.3. The van der Waals surface area contributed by atoms with E-state index in [1.54, 1.807) is 6.92 Å². The van der Waals surface area contributed by atoms with Gasteiger partial charge in [0.2, 0.25) is 5.91 Å². The molecule has 25 heavy (non-hydrogen) atoms. The molecule has 0 aromatic heterocycles. The van der Waals surface area contributed by atoms with E-state index in [2.05, 4.69) is 0 Å². The van der Waals surface area contributed by atoms with Crippen LogP contribution in [0.1, 0.15) is 50.2 Å². The molecule has 0 atom stereocenters. The quantitative estimate of drug-likeness (QED) is 0.903. The van der Waals surface area contributed by atoms with Crippen LogP contribution in [-0.2, 0) is 11.2 Å². The van der Waals surface area contributed by atoms with Crippen LogP contribution in [0.5, 0.6) is 0 Å². The molecule has 1 amide bonds. The number of carbonyl (C=O) groups is 1. The maximum absolute atomic E-state index is 12.6. The smallest absolute Gasteiger partial charge is 0.263 e. The summed E-state index contributed by atoms with van der Waals surface area (Å²) < 4.78 is 25.2. The Hall–Kier alpha value is -1.49. The molecule has 1 N–H and O–H groups in total. The number of carbonyl (C=O) groups excluding carboxylic acids is 1. The Kier molecular flexibility index (Phi) is 3.91. The summed E-state index contributed by atoms with van der Waals surface area (Å²) in [6, 6.07) is 6.66. The first-order chi connectivity index (χ1) is 11.8. The average molecular weight is 349 g/mol. The lowest BCUT2D eigenvalue weighted by Gasteiger charge is -2.60. The molecule has 0 radical (unpaired) electrons. The average Bonchev–Trinajstić information content (AvgIpc) is 2.45. The number of hydrogen-bond donors (Lipinski definition) is 1. The number of halogens is 2. The fourth-order valence-corrected chi connectivity index (χ4v) is 5.05. The highest BCUT2D eigenvalue weighted by Crippen LogP contribution is 2.54. The van der Waals surface area contributed by atoms with Crippen molar-refractivity contribution in [1.29, 1.82) is 0 Å². The van der Waals surface area contributed by atoms with Crippen molar-refractivity contribution < 1.29 is 18.7 Å². The van der Waals surface area contributed by atoms with Crippen molar-refractivity contribution in [2.75, 3.05) is 13.1 Å². The number of benzene rings is 1. The van der Waals surface area contributed by atoms with Gasteiger partial charge in [0.05, 0.1) is 5.60 Å². The van der Waals surface area contributed by atoms with Crippen LogP contribution in [0.15, 0.2) is 24.3 Å². The van der Waals surface area contributed by atoms with Crippen LogP contribution in [0.25, 0.3) is 0 Å². The Morgan fingerprint density at radius 2 is 1.80 bits per heavy atom. The minimum atomic E-state index is -2.40. The van der Waals surface area contributed by atoms with Crippen LogP contribution >= 0.6 is 0 Å². The molecule has 136 valence electrons. The third kappa shape index (κ3) is 3.19. The standard InChI is InChI=1S/C20H25F2NO2/c1-19(25)9-16(10-19)18(24)23-11-20(12-23)7-14(8-20)6-13-2-4-15(5-3-13)17(21)22/h2-5,14,16-17,25H,6-12H2,1H3/t16-,19+. The predicted molar refractivity (Wildman–Crippen MR) is 90.2 cm³/mol. The topological polar surface area (TPSA) is 40.5 Å². The van der Waals surface area contributed by atoms with Gasteiger partial charge in [-0.05, 0) is 50.5 Å². The lowest BCUT2D eigenvalue weighted by Crippen LogP contribution is -2.66. The molecule has 2 aliphatic carbocycles. The zero-order valence-electron chi connectivity index (χ0n) is 14.5. The van der Waals surface area contributed by atoms with Crippen LogP contribution in [-0.4, -0.2) is 34.6 Å². The Bertz CT molecular complexity index is 649. The van der Waals surface area contributed by atoms with Crippen LogP contribution in [0.2, 0.25) is 0 Å². The molecule has 3 nitrogen and oxygen atoms in total. The van der Waals surface area contributed by atoms with Crippen LogP contribution in [0.3, 0.4) is 0 Å². The number of amides is 1. The Labute approximate surface area is 147 Å². The molecule has 1 aromatic carbocycles. The van der Waals surface area contributed by atoms with Gasteiger partial charge in [-0.25, -0.2) is 8.78 Å². The molecule has 3 fully saturated rings. The Morgan fingerprint density at radius 3 is 2.32 bits per heavy atom. The SMILES string of the molecule is C[C@]1(O)C[C@@H](C(=O)N2CC3(CC(Cc4ccc(C(F)F)cc4)C3)C2)C1. The molecule has 0 unspecified atom stereocenters. The molecule has 1 aromatic rings. The maximum atomic E-state index is 12.6. The lowest BCUT2D eigenvalue weighted by molar-refractivity contribution is -0.171.